The van der Waals surface area contributed by atoms with Crippen LogP contribution in [0.1, 0.15) is 12.0 Å². The number of hydrogen-bond donors (Lipinski definition) is 0. The monoisotopic (exact) mass is 208 g/mol. The molecule has 0 aliphatic carbocycles. The van der Waals surface area contributed by atoms with E-state index in [0.29, 0.717) is 12.8 Å². The van der Waals surface area contributed by atoms with Gasteiger partial charge in [0.25, 0.3) is 0 Å². The molecule has 0 aromatic carbocycles. The molecule has 0 radical (unpaired) electrons. The van der Waals surface area contributed by atoms with Crippen LogP contribution in [0.5, 0.6) is 0 Å². The predicted molar refractivity (Wildman–Crippen MR) is 54.4 cm³/mol. The van der Waals surface area contributed by atoms with Crippen molar-refractivity contribution in [3.63, 3.8) is 0 Å². The van der Waals surface area contributed by atoms with Crippen LogP contribution in [-0.4, -0.2) is 14.9 Å². The summed E-state index contributed by atoms with van der Waals surface area (Å²) in [6, 6.07) is 5.83. The minimum absolute atomic E-state index is 0.305. The molecule has 0 aliphatic rings. The van der Waals surface area contributed by atoms with E-state index in [-0.39, 0.29) is 5.24 Å². The number of nitrogens with zero attached hydrogens (tertiary/aromatic N) is 2. The molecule has 0 saturated carbocycles. The molecular weight excluding hydrogens is 200 g/mol. The number of carbonyl (C=O) groups excluding carboxylic acids is 1. The minimum atomic E-state index is -0.305. The third-order valence-electron chi connectivity index (χ3n) is 2.10. The van der Waals surface area contributed by atoms with E-state index in [1.165, 1.54) is 0 Å². The molecule has 2 aromatic heterocycles. The van der Waals surface area contributed by atoms with Crippen molar-refractivity contribution < 1.29 is 4.79 Å². The first-order chi connectivity index (χ1) is 6.77. The van der Waals surface area contributed by atoms with Gasteiger partial charge in [-0.05, 0) is 35.7 Å². The van der Waals surface area contributed by atoms with Crippen molar-refractivity contribution >= 4 is 22.4 Å². The molecule has 3 nitrogen and oxygen atoms in total. The molecule has 2 heterocycles. The summed E-state index contributed by atoms with van der Waals surface area (Å²) in [6.07, 6.45) is 4.66. The first-order valence-electron chi connectivity index (χ1n) is 4.37. The summed E-state index contributed by atoms with van der Waals surface area (Å²) in [7, 11) is 0. The Morgan fingerprint density at radius 1 is 1.50 bits per heavy atom. The summed E-state index contributed by atoms with van der Waals surface area (Å²) in [5.74, 6) is 0. The lowest BCUT2D eigenvalue weighted by molar-refractivity contribution is -0.111. The normalized spacial score (nSPS) is 10.6. The first kappa shape index (κ1) is 9.21. The summed E-state index contributed by atoms with van der Waals surface area (Å²) >= 11 is 5.28. The Kier molecular flexibility index (Phi) is 2.50. The van der Waals surface area contributed by atoms with Gasteiger partial charge in [0.15, 0.2) is 0 Å². The molecule has 0 spiro atoms. The van der Waals surface area contributed by atoms with E-state index in [1.54, 1.807) is 10.7 Å². The predicted octanol–water partition coefficient (Wildman–Crippen LogP) is 2.03. The molecule has 2 aromatic rings. The van der Waals surface area contributed by atoms with Crippen LogP contribution in [0.15, 0.2) is 30.6 Å². The highest BCUT2D eigenvalue weighted by atomic mass is 35.5. The SMILES string of the molecule is O=C(Cl)CCc1cnn2ccccc12. The van der Waals surface area contributed by atoms with Crippen LogP contribution < -0.4 is 0 Å². The number of carbonyl (C=O) groups is 1. The molecule has 0 atom stereocenters. The highest BCUT2D eigenvalue weighted by Gasteiger charge is 2.04. The Labute approximate surface area is 86.3 Å². The van der Waals surface area contributed by atoms with Gasteiger partial charge in [-0.2, -0.15) is 5.10 Å². The maximum atomic E-state index is 10.6. The Balaban J connectivity index is 2.29. The maximum absolute atomic E-state index is 10.6. The van der Waals surface area contributed by atoms with E-state index in [2.05, 4.69) is 5.10 Å². The molecule has 0 aliphatic heterocycles. The number of hydrogen-bond acceptors (Lipinski definition) is 2. The van der Waals surface area contributed by atoms with Gasteiger partial charge in [0.2, 0.25) is 5.24 Å². The quantitative estimate of drug-likeness (QED) is 0.724. The Bertz CT molecular complexity index is 464. The molecule has 0 fully saturated rings. The van der Waals surface area contributed by atoms with Crippen LogP contribution in [-0.2, 0) is 11.2 Å². The van der Waals surface area contributed by atoms with Crippen molar-refractivity contribution in [1.82, 2.24) is 9.61 Å². The molecule has 0 N–H and O–H groups in total. The molecule has 0 saturated heterocycles. The van der Waals surface area contributed by atoms with Gasteiger partial charge in [0, 0.05) is 12.6 Å². The van der Waals surface area contributed by atoms with Crippen molar-refractivity contribution in [1.29, 1.82) is 0 Å². The zero-order valence-corrected chi connectivity index (χ0v) is 8.24. The van der Waals surface area contributed by atoms with Gasteiger partial charge in [-0.15, -0.1) is 0 Å². The van der Waals surface area contributed by atoms with E-state index in [9.17, 15) is 4.79 Å². The Morgan fingerprint density at radius 3 is 3.14 bits per heavy atom. The summed E-state index contributed by atoms with van der Waals surface area (Å²) in [4.78, 5) is 10.6. The van der Waals surface area contributed by atoms with E-state index < -0.39 is 0 Å². The Hall–Kier alpha value is -1.35. The minimum Gasteiger partial charge on any atom is -0.281 e. The summed E-state index contributed by atoms with van der Waals surface area (Å²) in [5, 5.41) is 3.85. The highest BCUT2D eigenvalue weighted by molar-refractivity contribution is 6.63. The lowest BCUT2D eigenvalue weighted by Crippen LogP contribution is -1.91. The molecule has 0 bridgehead atoms. The van der Waals surface area contributed by atoms with Crippen molar-refractivity contribution in [3.8, 4) is 0 Å². The van der Waals surface area contributed by atoms with Crippen molar-refractivity contribution in [2.75, 3.05) is 0 Å². The molecule has 2 rings (SSSR count). The van der Waals surface area contributed by atoms with Gasteiger partial charge in [-0.25, -0.2) is 4.52 Å². The van der Waals surface area contributed by atoms with Gasteiger partial charge < -0.3 is 0 Å². The standard InChI is InChI=1S/C10H9ClN2O/c11-10(14)5-4-8-7-12-13-6-2-1-3-9(8)13/h1-3,6-7H,4-5H2. The van der Waals surface area contributed by atoms with E-state index in [4.69, 9.17) is 11.6 Å². The number of aryl methyl sites for hydroxylation is 1. The average Bonchev–Trinajstić information content (AvgIpc) is 2.58. The van der Waals surface area contributed by atoms with E-state index in [1.807, 2.05) is 24.4 Å². The zero-order chi connectivity index (χ0) is 9.97. The molecule has 72 valence electrons. The second kappa shape index (κ2) is 3.80. The third-order valence-corrected chi connectivity index (χ3v) is 2.29. The van der Waals surface area contributed by atoms with Gasteiger partial charge in [0.1, 0.15) is 0 Å². The lowest BCUT2D eigenvalue weighted by Gasteiger charge is -1.95. The smallest absolute Gasteiger partial charge is 0.221 e. The van der Waals surface area contributed by atoms with Crippen molar-refractivity contribution in [2.45, 2.75) is 12.8 Å². The second-order valence-corrected chi connectivity index (χ2v) is 3.48. The van der Waals surface area contributed by atoms with Gasteiger partial charge in [-0.3, -0.25) is 4.79 Å². The van der Waals surface area contributed by atoms with Crippen LogP contribution >= 0.6 is 11.6 Å². The van der Waals surface area contributed by atoms with Gasteiger partial charge in [-0.1, -0.05) is 6.07 Å². The van der Waals surface area contributed by atoms with Gasteiger partial charge in [0.05, 0.1) is 11.7 Å². The Morgan fingerprint density at radius 2 is 2.36 bits per heavy atom. The second-order valence-electron chi connectivity index (χ2n) is 3.06. The van der Waals surface area contributed by atoms with Crippen LogP contribution in [0.4, 0.5) is 0 Å². The topological polar surface area (TPSA) is 34.4 Å². The van der Waals surface area contributed by atoms with Crippen LogP contribution in [0.25, 0.3) is 5.52 Å². The zero-order valence-electron chi connectivity index (χ0n) is 7.48. The molecule has 0 amide bonds. The first-order valence-corrected chi connectivity index (χ1v) is 4.75. The number of aromatic nitrogens is 2. The third kappa shape index (κ3) is 1.77. The molecule has 14 heavy (non-hydrogen) atoms. The summed E-state index contributed by atoms with van der Waals surface area (Å²) < 4.78 is 1.79. The number of rotatable bonds is 3. The molecule has 4 heteroatoms. The molecule has 0 unspecified atom stereocenters. The fourth-order valence-electron chi connectivity index (χ4n) is 1.41. The lowest BCUT2D eigenvalue weighted by atomic mass is 10.1. The van der Waals surface area contributed by atoms with Gasteiger partial charge >= 0.3 is 0 Å². The van der Waals surface area contributed by atoms with Crippen molar-refractivity contribution in [3.05, 3.63) is 36.2 Å². The average molecular weight is 209 g/mol. The number of fused-ring (bicyclic) bond motifs is 1. The highest BCUT2D eigenvalue weighted by Crippen LogP contribution is 2.12. The summed E-state index contributed by atoms with van der Waals surface area (Å²) in [5.41, 5.74) is 2.09. The molecular formula is C10H9ClN2O. The number of pyridine rings is 1. The number of halogens is 1. The van der Waals surface area contributed by atoms with Crippen LogP contribution in [0.2, 0.25) is 0 Å². The van der Waals surface area contributed by atoms with Crippen LogP contribution in [0, 0.1) is 0 Å². The maximum Gasteiger partial charge on any atom is 0.221 e. The largest absolute Gasteiger partial charge is 0.281 e. The fraction of sp³-hybridized carbons (Fsp3) is 0.200. The van der Waals surface area contributed by atoms with Crippen LogP contribution in [0.3, 0.4) is 0 Å². The van der Waals surface area contributed by atoms with E-state index >= 15 is 0 Å². The fourth-order valence-corrected chi connectivity index (χ4v) is 1.51. The summed E-state index contributed by atoms with van der Waals surface area (Å²) in [6.45, 7) is 0. The van der Waals surface area contributed by atoms with E-state index in [0.717, 1.165) is 11.1 Å². The van der Waals surface area contributed by atoms with Crippen molar-refractivity contribution in [2.24, 2.45) is 0 Å².